The fourth-order valence-corrected chi connectivity index (χ4v) is 4.42. The zero-order valence-corrected chi connectivity index (χ0v) is 14.6. The maximum absolute atomic E-state index is 13.5. The summed E-state index contributed by atoms with van der Waals surface area (Å²) in [7, 11) is 0. The first kappa shape index (κ1) is 16.7. The van der Waals surface area contributed by atoms with Gasteiger partial charge in [0.2, 0.25) is 0 Å². The molecule has 0 aliphatic carbocycles. The van der Waals surface area contributed by atoms with Crippen LogP contribution in [0.4, 0.5) is 4.39 Å². The van der Waals surface area contributed by atoms with Gasteiger partial charge in [0, 0.05) is 22.7 Å². The van der Waals surface area contributed by atoms with E-state index in [1.165, 1.54) is 6.07 Å². The SMILES string of the molecule is OC(c1cc2c(Cc3cccc(F)c3)cccc2s1)N1CCOCC1. The minimum Gasteiger partial charge on any atom is -0.379 e. The van der Waals surface area contributed by atoms with Gasteiger partial charge in [-0.25, -0.2) is 4.39 Å². The predicted octanol–water partition coefficient (Wildman–Crippen LogP) is 3.95. The number of aliphatic hydroxyl groups is 1. The Morgan fingerprint density at radius 3 is 2.72 bits per heavy atom. The second-order valence-corrected chi connectivity index (χ2v) is 7.42. The van der Waals surface area contributed by atoms with E-state index in [0.29, 0.717) is 19.6 Å². The maximum atomic E-state index is 13.5. The van der Waals surface area contributed by atoms with Crippen LogP contribution in [0.2, 0.25) is 0 Å². The molecule has 1 unspecified atom stereocenters. The molecular weight excluding hydrogens is 337 g/mol. The number of aliphatic hydroxyl groups excluding tert-OH is 1. The fourth-order valence-electron chi connectivity index (χ4n) is 3.29. The van der Waals surface area contributed by atoms with Gasteiger partial charge < -0.3 is 9.84 Å². The van der Waals surface area contributed by atoms with Crippen LogP contribution < -0.4 is 0 Å². The Balaban J connectivity index is 1.64. The topological polar surface area (TPSA) is 32.7 Å². The van der Waals surface area contributed by atoms with Crippen molar-refractivity contribution in [2.75, 3.05) is 26.3 Å². The number of nitrogens with zero attached hydrogens (tertiary/aromatic N) is 1. The van der Waals surface area contributed by atoms with E-state index >= 15 is 0 Å². The highest BCUT2D eigenvalue weighted by Crippen LogP contribution is 2.34. The molecule has 3 aromatic rings. The molecule has 130 valence electrons. The number of hydrogen-bond acceptors (Lipinski definition) is 4. The van der Waals surface area contributed by atoms with E-state index in [-0.39, 0.29) is 5.82 Å². The molecule has 2 heterocycles. The third-order valence-corrected chi connectivity index (χ3v) is 5.74. The van der Waals surface area contributed by atoms with Gasteiger partial charge >= 0.3 is 0 Å². The van der Waals surface area contributed by atoms with E-state index in [4.69, 9.17) is 4.74 Å². The molecule has 0 radical (unpaired) electrons. The summed E-state index contributed by atoms with van der Waals surface area (Å²) in [6, 6.07) is 15.0. The zero-order chi connectivity index (χ0) is 17.2. The van der Waals surface area contributed by atoms with Crippen LogP contribution in [-0.2, 0) is 11.2 Å². The van der Waals surface area contributed by atoms with Crippen molar-refractivity contribution in [3.05, 3.63) is 70.4 Å². The van der Waals surface area contributed by atoms with Gasteiger partial charge in [0.25, 0.3) is 0 Å². The molecule has 1 aliphatic rings. The van der Waals surface area contributed by atoms with Crippen molar-refractivity contribution in [3.63, 3.8) is 0 Å². The quantitative estimate of drug-likeness (QED) is 0.767. The number of morpholine rings is 1. The molecule has 1 aliphatic heterocycles. The van der Waals surface area contributed by atoms with Gasteiger partial charge in [-0.1, -0.05) is 24.3 Å². The smallest absolute Gasteiger partial charge is 0.142 e. The average Bonchev–Trinajstić information content (AvgIpc) is 3.07. The van der Waals surface area contributed by atoms with Crippen LogP contribution in [0, 0.1) is 5.82 Å². The number of halogens is 1. The lowest BCUT2D eigenvalue weighted by molar-refractivity contribution is -0.0586. The van der Waals surface area contributed by atoms with E-state index in [9.17, 15) is 9.50 Å². The number of ether oxygens (including phenoxy) is 1. The second-order valence-electron chi connectivity index (χ2n) is 6.31. The maximum Gasteiger partial charge on any atom is 0.142 e. The lowest BCUT2D eigenvalue weighted by Gasteiger charge is -2.30. The predicted molar refractivity (Wildman–Crippen MR) is 98.4 cm³/mol. The van der Waals surface area contributed by atoms with Crippen LogP contribution in [0.25, 0.3) is 10.1 Å². The molecule has 0 saturated carbocycles. The molecule has 25 heavy (non-hydrogen) atoms. The summed E-state index contributed by atoms with van der Waals surface area (Å²) < 4.78 is 20.0. The Morgan fingerprint density at radius 1 is 1.12 bits per heavy atom. The van der Waals surface area contributed by atoms with Crippen molar-refractivity contribution in [2.45, 2.75) is 12.6 Å². The van der Waals surface area contributed by atoms with Gasteiger partial charge in [-0.2, -0.15) is 0 Å². The lowest BCUT2D eigenvalue weighted by atomic mass is 10.0. The number of fused-ring (bicyclic) bond motifs is 1. The standard InChI is InChI=1S/C20H20FNO2S/c21-16-5-1-3-14(12-16)11-15-4-2-6-18-17(15)13-19(25-18)20(23)22-7-9-24-10-8-22/h1-6,12-13,20,23H,7-11H2. The first-order valence-electron chi connectivity index (χ1n) is 8.46. The zero-order valence-electron chi connectivity index (χ0n) is 13.8. The molecule has 1 N–H and O–H groups in total. The normalized spacial score (nSPS) is 17.0. The summed E-state index contributed by atoms with van der Waals surface area (Å²) in [5.74, 6) is -0.210. The van der Waals surface area contributed by atoms with Gasteiger partial charge in [0.1, 0.15) is 12.0 Å². The highest BCUT2D eigenvalue weighted by atomic mass is 32.1. The Kier molecular flexibility index (Phi) is 4.81. The van der Waals surface area contributed by atoms with Gasteiger partial charge in [-0.15, -0.1) is 11.3 Å². The molecule has 4 rings (SSSR count). The van der Waals surface area contributed by atoms with Crippen molar-refractivity contribution in [1.82, 2.24) is 4.90 Å². The summed E-state index contributed by atoms with van der Waals surface area (Å²) in [6.07, 6.45) is 0.0853. The Labute approximate surface area is 150 Å². The third-order valence-electron chi connectivity index (χ3n) is 4.60. The van der Waals surface area contributed by atoms with E-state index < -0.39 is 6.23 Å². The molecule has 3 nitrogen and oxygen atoms in total. The number of rotatable bonds is 4. The van der Waals surface area contributed by atoms with Crippen molar-refractivity contribution < 1.29 is 14.2 Å². The molecule has 1 aromatic heterocycles. The molecule has 0 spiro atoms. The molecule has 1 fully saturated rings. The van der Waals surface area contributed by atoms with E-state index in [1.807, 2.05) is 17.0 Å². The van der Waals surface area contributed by atoms with Crippen LogP contribution in [0.15, 0.2) is 48.5 Å². The number of benzene rings is 2. The second kappa shape index (κ2) is 7.22. The number of thiophene rings is 1. The van der Waals surface area contributed by atoms with Crippen molar-refractivity contribution in [1.29, 1.82) is 0 Å². The van der Waals surface area contributed by atoms with Crippen LogP contribution in [-0.4, -0.2) is 36.3 Å². The van der Waals surface area contributed by atoms with Gasteiger partial charge in [-0.05, 0) is 47.2 Å². The highest BCUT2D eigenvalue weighted by Gasteiger charge is 2.22. The van der Waals surface area contributed by atoms with Gasteiger partial charge in [-0.3, -0.25) is 4.90 Å². The summed E-state index contributed by atoms with van der Waals surface area (Å²) in [5, 5.41) is 11.8. The molecule has 0 amide bonds. The van der Waals surface area contributed by atoms with Crippen molar-refractivity contribution in [3.8, 4) is 0 Å². The molecule has 5 heteroatoms. The van der Waals surface area contributed by atoms with Crippen LogP contribution in [0.5, 0.6) is 0 Å². The summed E-state index contributed by atoms with van der Waals surface area (Å²) in [6.45, 7) is 2.80. The van der Waals surface area contributed by atoms with E-state index in [2.05, 4.69) is 18.2 Å². The molecule has 1 atom stereocenters. The monoisotopic (exact) mass is 357 g/mol. The van der Waals surface area contributed by atoms with Crippen LogP contribution in [0.1, 0.15) is 22.2 Å². The minimum absolute atomic E-state index is 0.210. The fraction of sp³-hybridized carbons (Fsp3) is 0.300. The van der Waals surface area contributed by atoms with E-state index in [0.717, 1.165) is 39.2 Å². The highest BCUT2D eigenvalue weighted by molar-refractivity contribution is 7.19. The summed E-state index contributed by atoms with van der Waals surface area (Å²) in [5.41, 5.74) is 2.11. The van der Waals surface area contributed by atoms with Gasteiger partial charge in [0.15, 0.2) is 0 Å². The molecule has 1 saturated heterocycles. The minimum atomic E-state index is -0.594. The first-order chi connectivity index (χ1) is 12.2. The van der Waals surface area contributed by atoms with Gasteiger partial charge in [0.05, 0.1) is 13.2 Å². The first-order valence-corrected chi connectivity index (χ1v) is 9.28. The Morgan fingerprint density at radius 2 is 1.92 bits per heavy atom. The average molecular weight is 357 g/mol. The largest absolute Gasteiger partial charge is 0.379 e. The summed E-state index contributed by atoms with van der Waals surface area (Å²) >= 11 is 1.62. The lowest BCUT2D eigenvalue weighted by Crippen LogP contribution is -2.38. The molecule has 2 aromatic carbocycles. The molecular formula is C20H20FNO2S. The van der Waals surface area contributed by atoms with Crippen molar-refractivity contribution >= 4 is 21.4 Å². The van der Waals surface area contributed by atoms with Crippen LogP contribution in [0.3, 0.4) is 0 Å². The molecule has 0 bridgehead atoms. The third kappa shape index (κ3) is 3.60. The Hall–Kier alpha value is -1.79. The van der Waals surface area contributed by atoms with E-state index in [1.54, 1.807) is 23.5 Å². The number of hydrogen-bond donors (Lipinski definition) is 1. The van der Waals surface area contributed by atoms with Crippen LogP contribution >= 0.6 is 11.3 Å². The summed E-state index contributed by atoms with van der Waals surface area (Å²) in [4.78, 5) is 2.99. The Bertz CT molecular complexity index is 873. The van der Waals surface area contributed by atoms with Crippen molar-refractivity contribution in [2.24, 2.45) is 0 Å².